The average Bonchev–Trinajstić information content (AvgIpc) is 2.93. The van der Waals surface area contributed by atoms with Crippen LogP contribution in [0.15, 0.2) is 36.5 Å². The number of para-hydroxylation sites is 1. The van der Waals surface area contributed by atoms with E-state index in [1.165, 1.54) is 6.42 Å². The Labute approximate surface area is 143 Å². The Balaban J connectivity index is 1.62. The number of carbonyl (C=O) groups is 1. The third kappa shape index (κ3) is 3.78. The number of ether oxygens (including phenoxy) is 1. The lowest BCUT2D eigenvalue weighted by molar-refractivity contribution is -0.136. The summed E-state index contributed by atoms with van der Waals surface area (Å²) in [5.74, 6) is 1.67. The molecule has 0 unspecified atom stereocenters. The van der Waals surface area contributed by atoms with E-state index in [4.69, 9.17) is 4.74 Å². The molecule has 2 heterocycles. The van der Waals surface area contributed by atoms with E-state index < -0.39 is 0 Å². The fourth-order valence-corrected chi connectivity index (χ4v) is 3.39. The molecule has 0 bridgehead atoms. The number of carbonyl (C=O) groups excluding carboxylic acids is 1. The van der Waals surface area contributed by atoms with Crippen molar-refractivity contribution in [2.45, 2.75) is 27.2 Å². The zero-order chi connectivity index (χ0) is 17.1. The molecular formula is C19H25N3O2. The molecule has 0 N–H and O–H groups in total. The van der Waals surface area contributed by atoms with Gasteiger partial charge in [-0.25, -0.2) is 4.68 Å². The second-order valence-electron chi connectivity index (χ2n) is 6.93. The van der Waals surface area contributed by atoms with Crippen molar-refractivity contribution < 1.29 is 9.53 Å². The van der Waals surface area contributed by atoms with Gasteiger partial charge in [-0.1, -0.05) is 32.0 Å². The topological polar surface area (TPSA) is 47.4 Å². The summed E-state index contributed by atoms with van der Waals surface area (Å²) < 4.78 is 7.48. The summed E-state index contributed by atoms with van der Waals surface area (Å²) >= 11 is 0. The second kappa shape index (κ2) is 7.07. The van der Waals surface area contributed by atoms with Crippen LogP contribution in [0.5, 0.6) is 5.88 Å². The van der Waals surface area contributed by atoms with E-state index in [0.29, 0.717) is 17.7 Å². The van der Waals surface area contributed by atoms with Gasteiger partial charge in [0.1, 0.15) is 0 Å². The Morgan fingerprint density at radius 1 is 1.21 bits per heavy atom. The first-order valence-electron chi connectivity index (χ1n) is 8.55. The molecule has 1 aliphatic heterocycles. The van der Waals surface area contributed by atoms with Gasteiger partial charge in [0.25, 0.3) is 5.91 Å². The van der Waals surface area contributed by atoms with Crippen LogP contribution in [0.25, 0.3) is 5.69 Å². The zero-order valence-corrected chi connectivity index (χ0v) is 14.6. The summed E-state index contributed by atoms with van der Waals surface area (Å²) in [5, 5.41) is 4.45. The van der Waals surface area contributed by atoms with Gasteiger partial charge in [-0.15, -0.1) is 5.10 Å². The molecule has 2 atom stereocenters. The van der Waals surface area contributed by atoms with Crippen molar-refractivity contribution in [1.82, 2.24) is 14.7 Å². The molecule has 1 aromatic heterocycles. The molecule has 1 aliphatic rings. The van der Waals surface area contributed by atoms with Crippen LogP contribution in [-0.4, -0.2) is 40.3 Å². The van der Waals surface area contributed by atoms with E-state index in [0.717, 1.165) is 24.3 Å². The van der Waals surface area contributed by atoms with Gasteiger partial charge in [0, 0.05) is 24.8 Å². The van der Waals surface area contributed by atoms with Crippen molar-refractivity contribution in [3.8, 4) is 11.6 Å². The number of amides is 1. The standard InChI is InChI=1S/C19H25N3O2/c1-14-9-15(2)11-21(10-14)18(23)13-24-19-16(3)12-22(20-19)17-7-5-4-6-8-17/h4-8,12,14-15H,9-11,13H2,1-3H3/t14-,15-/m1/s1. The highest BCUT2D eigenvalue weighted by Gasteiger charge is 2.25. The largest absolute Gasteiger partial charge is 0.466 e. The lowest BCUT2D eigenvalue weighted by Gasteiger charge is -2.34. The highest BCUT2D eigenvalue weighted by molar-refractivity contribution is 5.77. The van der Waals surface area contributed by atoms with Crippen LogP contribution in [0.1, 0.15) is 25.8 Å². The first-order chi connectivity index (χ1) is 11.5. The lowest BCUT2D eigenvalue weighted by atomic mass is 9.92. The maximum atomic E-state index is 12.4. The number of rotatable bonds is 4. The van der Waals surface area contributed by atoms with Crippen LogP contribution in [-0.2, 0) is 4.79 Å². The highest BCUT2D eigenvalue weighted by atomic mass is 16.5. The van der Waals surface area contributed by atoms with Gasteiger partial charge in [-0.2, -0.15) is 0 Å². The van der Waals surface area contributed by atoms with Crippen LogP contribution in [0.2, 0.25) is 0 Å². The number of hydrogen-bond acceptors (Lipinski definition) is 3. The van der Waals surface area contributed by atoms with Gasteiger partial charge < -0.3 is 9.64 Å². The van der Waals surface area contributed by atoms with Crippen LogP contribution < -0.4 is 4.74 Å². The predicted octanol–water partition coefficient (Wildman–Crippen LogP) is 3.06. The van der Waals surface area contributed by atoms with Crippen molar-refractivity contribution in [3.05, 3.63) is 42.1 Å². The van der Waals surface area contributed by atoms with Gasteiger partial charge in [-0.3, -0.25) is 4.79 Å². The summed E-state index contributed by atoms with van der Waals surface area (Å²) in [6.45, 7) is 8.03. The number of hydrogen-bond donors (Lipinski definition) is 0. The van der Waals surface area contributed by atoms with Crippen molar-refractivity contribution in [1.29, 1.82) is 0 Å². The molecule has 1 aromatic carbocycles. The Morgan fingerprint density at radius 3 is 2.54 bits per heavy atom. The molecule has 1 amide bonds. The Morgan fingerprint density at radius 2 is 1.88 bits per heavy atom. The lowest BCUT2D eigenvalue weighted by Crippen LogP contribution is -2.44. The smallest absolute Gasteiger partial charge is 0.260 e. The minimum absolute atomic E-state index is 0.0436. The molecule has 2 aromatic rings. The third-order valence-corrected chi connectivity index (χ3v) is 4.43. The molecule has 0 spiro atoms. The maximum Gasteiger partial charge on any atom is 0.260 e. The summed E-state index contributed by atoms with van der Waals surface area (Å²) in [4.78, 5) is 14.3. The Hall–Kier alpha value is -2.30. The zero-order valence-electron chi connectivity index (χ0n) is 14.6. The van der Waals surface area contributed by atoms with Gasteiger partial charge in [0.2, 0.25) is 5.88 Å². The number of likely N-dealkylation sites (tertiary alicyclic amines) is 1. The fraction of sp³-hybridized carbons (Fsp3) is 0.474. The molecule has 5 nitrogen and oxygen atoms in total. The molecule has 0 aliphatic carbocycles. The minimum Gasteiger partial charge on any atom is -0.466 e. The first kappa shape index (κ1) is 16.6. The first-order valence-corrected chi connectivity index (χ1v) is 8.55. The summed E-state index contributed by atoms with van der Waals surface area (Å²) in [7, 11) is 0. The SMILES string of the molecule is Cc1cn(-c2ccccc2)nc1OCC(=O)N1C[C@H](C)C[C@@H](C)C1. The van der Waals surface area contributed by atoms with E-state index in [9.17, 15) is 4.79 Å². The molecule has 1 fully saturated rings. The molecule has 24 heavy (non-hydrogen) atoms. The highest BCUT2D eigenvalue weighted by Crippen LogP contribution is 2.22. The van der Waals surface area contributed by atoms with E-state index in [1.807, 2.05) is 48.4 Å². The molecular weight excluding hydrogens is 302 g/mol. The molecule has 0 radical (unpaired) electrons. The van der Waals surface area contributed by atoms with Gasteiger partial charge in [-0.05, 0) is 37.3 Å². The number of piperidine rings is 1. The van der Waals surface area contributed by atoms with Crippen molar-refractivity contribution in [2.75, 3.05) is 19.7 Å². The van der Waals surface area contributed by atoms with Crippen LogP contribution in [0.3, 0.4) is 0 Å². The molecule has 128 valence electrons. The van der Waals surface area contributed by atoms with Crippen molar-refractivity contribution in [2.24, 2.45) is 11.8 Å². The average molecular weight is 327 g/mol. The van der Waals surface area contributed by atoms with E-state index in [-0.39, 0.29) is 12.5 Å². The predicted molar refractivity (Wildman–Crippen MR) is 93.3 cm³/mol. The van der Waals surface area contributed by atoms with Crippen LogP contribution in [0.4, 0.5) is 0 Å². The van der Waals surface area contributed by atoms with Crippen molar-refractivity contribution >= 4 is 5.91 Å². The molecule has 1 saturated heterocycles. The van der Waals surface area contributed by atoms with Crippen molar-refractivity contribution in [3.63, 3.8) is 0 Å². The fourth-order valence-electron chi connectivity index (χ4n) is 3.39. The normalized spacial score (nSPS) is 20.9. The molecule has 3 rings (SSSR count). The summed E-state index contributed by atoms with van der Waals surface area (Å²) in [5.41, 5.74) is 1.90. The monoisotopic (exact) mass is 327 g/mol. The van der Waals surface area contributed by atoms with Crippen LogP contribution in [0, 0.1) is 18.8 Å². The second-order valence-corrected chi connectivity index (χ2v) is 6.93. The van der Waals surface area contributed by atoms with E-state index in [1.54, 1.807) is 4.68 Å². The van der Waals surface area contributed by atoms with E-state index in [2.05, 4.69) is 18.9 Å². The Kier molecular flexibility index (Phi) is 4.88. The Bertz CT molecular complexity index is 686. The number of benzene rings is 1. The molecule has 5 heteroatoms. The third-order valence-electron chi connectivity index (χ3n) is 4.43. The number of aryl methyl sites for hydroxylation is 1. The summed E-state index contributed by atoms with van der Waals surface area (Å²) in [6.07, 6.45) is 3.10. The maximum absolute atomic E-state index is 12.4. The van der Waals surface area contributed by atoms with Crippen LogP contribution >= 0.6 is 0 Å². The minimum atomic E-state index is 0.0436. The summed E-state index contributed by atoms with van der Waals surface area (Å²) in [6, 6.07) is 9.87. The van der Waals surface area contributed by atoms with Gasteiger partial charge in [0.15, 0.2) is 6.61 Å². The van der Waals surface area contributed by atoms with E-state index >= 15 is 0 Å². The van der Waals surface area contributed by atoms with Gasteiger partial charge >= 0.3 is 0 Å². The number of aromatic nitrogens is 2. The number of nitrogens with zero attached hydrogens (tertiary/aromatic N) is 3. The molecule has 0 saturated carbocycles. The van der Waals surface area contributed by atoms with Gasteiger partial charge in [0.05, 0.1) is 5.69 Å². The quantitative estimate of drug-likeness (QED) is 0.867.